The van der Waals surface area contributed by atoms with Gasteiger partial charge in [-0.25, -0.2) is 4.39 Å². The van der Waals surface area contributed by atoms with Crippen molar-refractivity contribution in [3.63, 3.8) is 0 Å². The molecule has 5 nitrogen and oxygen atoms in total. The van der Waals surface area contributed by atoms with Crippen LogP contribution in [0.4, 0.5) is 4.39 Å². The molecule has 0 aliphatic heterocycles. The minimum atomic E-state index is -0.507. The SMILES string of the molecule is Cc1cccc(C(=O)NNC(=S)NC(=O)c2ccc(F)cc2)c1. The molecular weight excluding hydrogens is 317 g/mol. The van der Waals surface area contributed by atoms with E-state index in [2.05, 4.69) is 16.2 Å². The molecule has 2 amide bonds. The number of carbonyl (C=O) groups excluding carboxylic acids is 2. The average Bonchev–Trinajstić information content (AvgIpc) is 2.53. The Hall–Kier alpha value is -2.80. The summed E-state index contributed by atoms with van der Waals surface area (Å²) in [4.78, 5) is 23.8. The number of hydrazine groups is 1. The highest BCUT2D eigenvalue weighted by Crippen LogP contribution is 2.03. The number of rotatable bonds is 2. The predicted octanol–water partition coefficient (Wildman–Crippen LogP) is 2.08. The molecule has 0 heterocycles. The fraction of sp³-hybridized carbons (Fsp3) is 0.0625. The first-order valence-corrected chi connectivity index (χ1v) is 7.10. The van der Waals surface area contributed by atoms with E-state index in [1.54, 1.807) is 18.2 Å². The normalized spacial score (nSPS) is 9.83. The van der Waals surface area contributed by atoms with Gasteiger partial charge in [0.1, 0.15) is 5.82 Å². The van der Waals surface area contributed by atoms with Crippen LogP contribution in [0.15, 0.2) is 48.5 Å². The second-order valence-corrected chi connectivity index (χ2v) is 5.15. The van der Waals surface area contributed by atoms with E-state index in [0.29, 0.717) is 5.56 Å². The molecule has 0 unspecified atom stereocenters. The Balaban J connectivity index is 1.86. The second-order valence-electron chi connectivity index (χ2n) is 4.74. The molecular formula is C16H14FN3O2S. The number of nitrogens with one attached hydrogen (secondary N) is 3. The fourth-order valence-corrected chi connectivity index (χ4v) is 1.92. The van der Waals surface area contributed by atoms with Crippen molar-refractivity contribution < 1.29 is 14.0 Å². The van der Waals surface area contributed by atoms with Crippen molar-refractivity contribution in [1.29, 1.82) is 0 Å². The maximum atomic E-state index is 12.8. The lowest BCUT2D eigenvalue weighted by molar-refractivity contribution is 0.0934. The van der Waals surface area contributed by atoms with Crippen LogP contribution in [0, 0.1) is 12.7 Å². The van der Waals surface area contributed by atoms with Crippen LogP contribution in [-0.4, -0.2) is 16.9 Å². The third kappa shape index (κ3) is 4.86. The summed E-state index contributed by atoms with van der Waals surface area (Å²) in [6.45, 7) is 1.87. The Morgan fingerprint density at radius 1 is 0.957 bits per heavy atom. The quantitative estimate of drug-likeness (QED) is 0.582. The smallest absolute Gasteiger partial charge is 0.269 e. The zero-order valence-electron chi connectivity index (χ0n) is 12.2. The minimum Gasteiger partial charge on any atom is -0.298 e. The number of amides is 2. The van der Waals surface area contributed by atoms with Gasteiger partial charge < -0.3 is 0 Å². The van der Waals surface area contributed by atoms with Crippen LogP contribution in [-0.2, 0) is 0 Å². The molecule has 0 bridgehead atoms. The van der Waals surface area contributed by atoms with Crippen LogP contribution in [0.5, 0.6) is 0 Å². The highest BCUT2D eigenvalue weighted by atomic mass is 32.1. The number of aryl methyl sites for hydroxylation is 1. The molecule has 0 spiro atoms. The molecule has 2 rings (SSSR count). The largest absolute Gasteiger partial charge is 0.298 e. The van der Waals surface area contributed by atoms with Crippen LogP contribution in [0.2, 0.25) is 0 Å². The van der Waals surface area contributed by atoms with Gasteiger partial charge in [0.05, 0.1) is 0 Å². The van der Waals surface area contributed by atoms with Gasteiger partial charge in [0.25, 0.3) is 11.8 Å². The van der Waals surface area contributed by atoms with E-state index in [1.807, 2.05) is 13.0 Å². The monoisotopic (exact) mass is 331 g/mol. The number of hydrogen-bond acceptors (Lipinski definition) is 3. The molecule has 0 aromatic heterocycles. The lowest BCUT2D eigenvalue weighted by Gasteiger charge is -2.11. The van der Waals surface area contributed by atoms with Gasteiger partial charge in [0, 0.05) is 11.1 Å². The van der Waals surface area contributed by atoms with Crippen LogP contribution in [0.3, 0.4) is 0 Å². The van der Waals surface area contributed by atoms with Gasteiger partial charge >= 0.3 is 0 Å². The van der Waals surface area contributed by atoms with Crippen molar-refractivity contribution in [3.8, 4) is 0 Å². The van der Waals surface area contributed by atoms with E-state index in [-0.39, 0.29) is 16.6 Å². The van der Waals surface area contributed by atoms with Gasteiger partial charge in [-0.05, 0) is 55.5 Å². The lowest BCUT2D eigenvalue weighted by atomic mass is 10.1. The minimum absolute atomic E-state index is 0.0691. The summed E-state index contributed by atoms with van der Waals surface area (Å²) in [5.74, 6) is -1.33. The standard InChI is InChI=1S/C16H14FN3O2S/c1-10-3-2-4-12(9-10)15(22)19-20-16(23)18-14(21)11-5-7-13(17)8-6-11/h2-9H,1H3,(H,19,22)(H2,18,20,21,23). The number of thiocarbonyl (C=S) groups is 1. The van der Waals surface area contributed by atoms with Gasteiger partial charge in [-0.15, -0.1) is 0 Å². The molecule has 118 valence electrons. The van der Waals surface area contributed by atoms with E-state index in [0.717, 1.165) is 5.56 Å². The highest BCUT2D eigenvalue weighted by Gasteiger charge is 2.09. The van der Waals surface area contributed by atoms with Crippen molar-refractivity contribution in [3.05, 3.63) is 71.0 Å². The first-order valence-electron chi connectivity index (χ1n) is 6.69. The Bertz CT molecular complexity index is 747. The Morgan fingerprint density at radius 2 is 1.65 bits per heavy atom. The van der Waals surface area contributed by atoms with Crippen molar-refractivity contribution in [1.82, 2.24) is 16.2 Å². The number of hydrogen-bond donors (Lipinski definition) is 3. The van der Waals surface area contributed by atoms with Crippen molar-refractivity contribution in [2.24, 2.45) is 0 Å². The Labute approximate surface area is 137 Å². The van der Waals surface area contributed by atoms with Gasteiger partial charge in [0.2, 0.25) is 0 Å². The van der Waals surface area contributed by atoms with Crippen molar-refractivity contribution >= 4 is 29.1 Å². The van der Waals surface area contributed by atoms with Crippen LogP contribution in [0.1, 0.15) is 26.3 Å². The molecule has 0 fully saturated rings. The maximum absolute atomic E-state index is 12.8. The van der Waals surface area contributed by atoms with E-state index in [4.69, 9.17) is 12.2 Å². The molecule has 3 N–H and O–H groups in total. The van der Waals surface area contributed by atoms with Crippen molar-refractivity contribution in [2.45, 2.75) is 6.92 Å². The summed E-state index contributed by atoms with van der Waals surface area (Å²) < 4.78 is 12.8. The fourth-order valence-electron chi connectivity index (χ4n) is 1.78. The van der Waals surface area contributed by atoms with Gasteiger partial charge in [-0.3, -0.25) is 25.8 Å². The zero-order valence-corrected chi connectivity index (χ0v) is 13.0. The molecule has 0 radical (unpaired) electrons. The molecule has 0 saturated carbocycles. The number of halogens is 1. The van der Waals surface area contributed by atoms with Crippen molar-refractivity contribution in [2.75, 3.05) is 0 Å². The van der Waals surface area contributed by atoms with E-state index in [1.165, 1.54) is 24.3 Å². The molecule has 23 heavy (non-hydrogen) atoms. The summed E-state index contributed by atoms with van der Waals surface area (Å²) in [5, 5.41) is 2.31. The topological polar surface area (TPSA) is 70.2 Å². The lowest BCUT2D eigenvalue weighted by Crippen LogP contribution is -2.48. The van der Waals surface area contributed by atoms with Gasteiger partial charge in [-0.2, -0.15) is 0 Å². The molecule has 0 aliphatic rings. The first kappa shape index (κ1) is 16.6. The summed E-state index contributed by atoms with van der Waals surface area (Å²) in [5.41, 5.74) is 6.49. The highest BCUT2D eigenvalue weighted by molar-refractivity contribution is 7.80. The first-order chi connectivity index (χ1) is 11.0. The van der Waals surface area contributed by atoms with E-state index in [9.17, 15) is 14.0 Å². The van der Waals surface area contributed by atoms with Crippen LogP contribution < -0.4 is 16.2 Å². The number of benzene rings is 2. The second kappa shape index (κ2) is 7.46. The number of carbonyl (C=O) groups is 2. The Morgan fingerprint density at radius 3 is 2.30 bits per heavy atom. The predicted molar refractivity (Wildman–Crippen MR) is 88.2 cm³/mol. The third-order valence-corrected chi connectivity index (χ3v) is 3.11. The molecule has 0 aliphatic carbocycles. The maximum Gasteiger partial charge on any atom is 0.269 e. The third-order valence-electron chi connectivity index (χ3n) is 2.90. The molecule has 7 heteroatoms. The van der Waals surface area contributed by atoms with E-state index >= 15 is 0 Å². The molecule has 0 atom stereocenters. The van der Waals surface area contributed by atoms with Gasteiger partial charge in [0.15, 0.2) is 5.11 Å². The zero-order chi connectivity index (χ0) is 16.8. The summed E-state index contributed by atoms with van der Waals surface area (Å²) >= 11 is 4.92. The summed E-state index contributed by atoms with van der Waals surface area (Å²) in [6, 6.07) is 12.0. The molecule has 2 aromatic carbocycles. The molecule has 2 aromatic rings. The molecule has 0 saturated heterocycles. The Kier molecular flexibility index (Phi) is 5.37. The average molecular weight is 331 g/mol. The van der Waals surface area contributed by atoms with Crippen LogP contribution in [0.25, 0.3) is 0 Å². The van der Waals surface area contributed by atoms with Crippen LogP contribution >= 0.6 is 12.2 Å². The summed E-state index contributed by atoms with van der Waals surface area (Å²) in [6.07, 6.45) is 0. The summed E-state index contributed by atoms with van der Waals surface area (Å²) in [7, 11) is 0. The van der Waals surface area contributed by atoms with E-state index < -0.39 is 11.7 Å². The van der Waals surface area contributed by atoms with Gasteiger partial charge in [-0.1, -0.05) is 17.7 Å².